The van der Waals surface area contributed by atoms with Gasteiger partial charge in [0.05, 0.1) is 4.90 Å². The molecule has 1 aliphatic rings. The van der Waals surface area contributed by atoms with Crippen molar-refractivity contribution >= 4 is 33.0 Å². The van der Waals surface area contributed by atoms with Crippen molar-refractivity contribution in [2.45, 2.75) is 30.2 Å². The largest absolute Gasteiger partial charge is 0.381 e. The molecule has 1 fully saturated rings. The van der Waals surface area contributed by atoms with E-state index in [1.54, 1.807) is 33.8 Å². The van der Waals surface area contributed by atoms with Crippen LogP contribution in [0.3, 0.4) is 0 Å². The summed E-state index contributed by atoms with van der Waals surface area (Å²) in [5, 5.41) is 2.45. The SMILES string of the molecule is O=S(=O)(c1cccc(Cl)c1)N(CCc1cccs1)C1CCOCC1. The highest BCUT2D eigenvalue weighted by molar-refractivity contribution is 7.89. The third-order valence-corrected chi connectivity index (χ3v) is 7.28. The van der Waals surface area contributed by atoms with Crippen LogP contribution in [-0.4, -0.2) is 38.5 Å². The van der Waals surface area contributed by atoms with E-state index in [0.29, 0.717) is 24.8 Å². The second-order valence-corrected chi connectivity index (χ2v) is 9.11. The van der Waals surface area contributed by atoms with E-state index in [1.165, 1.54) is 10.9 Å². The van der Waals surface area contributed by atoms with Crippen molar-refractivity contribution in [2.75, 3.05) is 19.8 Å². The maximum Gasteiger partial charge on any atom is 0.243 e. The van der Waals surface area contributed by atoms with Crippen LogP contribution in [0.25, 0.3) is 0 Å². The normalized spacial score (nSPS) is 16.6. The Bertz CT molecular complexity index is 756. The molecule has 1 saturated heterocycles. The van der Waals surface area contributed by atoms with Gasteiger partial charge in [-0.1, -0.05) is 23.7 Å². The Morgan fingerprint density at radius 3 is 2.67 bits per heavy atom. The van der Waals surface area contributed by atoms with Gasteiger partial charge in [0.2, 0.25) is 10.0 Å². The highest BCUT2D eigenvalue weighted by atomic mass is 35.5. The molecule has 3 rings (SSSR count). The van der Waals surface area contributed by atoms with Gasteiger partial charge in [-0.25, -0.2) is 8.42 Å². The maximum atomic E-state index is 13.2. The Morgan fingerprint density at radius 1 is 1.21 bits per heavy atom. The van der Waals surface area contributed by atoms with Crippen LogP contribution in [0.4, 0.5) is 0 Å². The van der Waals surface area contributed by atoms with Gasteiger partial charge in [-0.15, -0.1) is 11.3 Å². The number of sulfonamides is 1. The molecule has 0 unspecified atom stereocenters. The molecule has 0 spiro atoms. The fraction of sp³-hybridized carbons (Fsp3) is 0.412. The van der Waals surface area contributed by atoms with Crippen LogP contribution in [0.1, 0.15) is 17.7 Å². The minimum Gasteiger partial charge on any atom is -0.381 e. The summed E-state index contributed by atoms with van der Waals surface area (Å²) >= 11 is 7.65. The Morgan fingerprint density at radius 2 is 2.00 bits per heavy atom. The first-order valence-electron chi connectivity index (χ1n) is 7.95. The number of thiophene rings is 1. The van der Waals surface area contributed by atoms with Crippen LogP contribution in [0, 0.1) is 0 Å². The molecule has 0 aliphatic carbocycles. The highest BCUT2D eigenvalue weighted by Crippen LogP contribution is 2.26. The topological polar surface area (TPSA) is 46.6 Å². The van der Waals surface area contributed by atoms with E-state index in [4.69, 9.17) is 16.3 Å². The lowest BCUT2D eigenvalue weighted by molar-refractivity contribution is 0.0587. The van der Waals surface area contributed by atoms with Crippen LogP contribution in [0.5, 0.6) is 0 Å². The standard InChI is InChI=1S/C17H20ClNO3S2/c18-14-3-1-5-17(13-14)24(20,21)19(15-7-10-22-11-8-15)9-6-16-4-2-12-23-16/h1-5,12-13,15H,6-11H2. The fourth-order valence-corrected chi connectivity index (χ4v) is 5.60. The Balaban J connectivity index is 1.87. The monoisotopic (exact) mass is 385 g/mol. The van der Waals surface area contributed by atoms with Crippen LogP contribution in [-0.2, 0) is 21.2 Å². The van der Waals surface area contributed by atoms with Crippen molar-refractivity contribution in [1.82, 2.24) is 4.31 Å². The lowest BCUT2D eigenvalue weighted by atomic mass is 10.1. The van der Waals surface area contributed by atoms with Crippen LogP contribution < -0.4 is 0 Å². The molecule has 0 atom stereocenters. The zero-order valence-electron chi connectivity index (χ0n) is 13.2. The zero-order valence-corrected chi connectivity index (χ0v) is 15.6. The van der Waals surface area contributed by atoms with E-state index in [2.05, 4.69) is 0 Å². The number of rotatable bonds is 6. The molecule has 1 aromatic heterocycles. The lowest BCUT2D eigenvalue weighted by Crippen LogP contribution is -2.44. The molecule has 1 aromatic carbocycles. The van der Waals surface area contributed by atoms with Crippen LogP contribution in [0.15, 0.2) is 46.7 Å². The summed E-state index contributed by atoms with van der Waals surface area (Å²) in [5.74, 6) is 0. The van der Waals surface area contributed by atoms with Crippen molar-refractivity contribution in [1.29, 1.82) is 0 Å². The molecule has 4 nitrogen and oxygen atoms in total. The minimum atomic E-state index is -3.58. The summed E-state index contributed by atoms with van der Waals surface area (Å²) in [5.41, 5.74) is 0. The first-order valence-corrected chi connectivity index (χ1v) is 10.6. The van der Waals surface area contributed by atoms with Crippen molar-refractivity contribution in [2.24, 2.45) is 0 Å². The molecule has 2 aromatic rings. The van der Waals surface area contributed by atoms with E-state index in [0.717, 1.165) is 19.3 Å². The number of halogens is 1. The molecule has 2 heterocycles. The van der Waals surface area contributed by atoms with Crippen molar-refractivity contribution in [3.05, 3.63) is 51.7 Å². The smallest absolute Gasteiger partial charge is 0.243 e. The second-order valence-electron chi connectivity index (χ2n) is 5.75. The summed E-state index contributed by atoms with van der Waals surface area (Å²) in [4.78, 5) is 1.45. The summed E-state index contributed by atoms with van der Waals surface area (Å²) in [6, 6.07) is 10.5. The van der Waals surface area contributed by atoms with E-state index in [1.807, 2.05) is 17.5 Å². The second kappa shape index (κ2) is 7.97. The molecule has 0 bridgehead atoms. The first-order chi connectivity index (χ1) is 11.6. The predicted molar refractivity (Wildman–Crippen MR) is 97.2 cm³/mol. The van der Waals surface area contributed by atoms with E-state index < -0.39 is 10.0 Å². The van der Waals surface area contributed by atoms with Crippen LogP contribution in [0.2, 0.25) is 5.02 Å². The Labute approximate surface area is 152 Å². The number of hydrogen-bond donors (Lipinski definition) is 0. The van der Waals surface area contributed by atoms with Gasteiger partial charge in [0.1, 0.15) is 0 Å². The van der Waals surface area contributed by atoms with Gasteiger partial charge < -0.3 is 4.74 Å². The minimum absolute atomic E-state index is 0.0253. The third kappa shape index (κ3) is 4.18. The molecule has 0 N–H and O–H groups in total. The van der Waals surface area contributed by atoms with E-state index >= 15 is 0 Å². The van der Waals surface area contributed by atoms with Crippen molar-refractivity contribution in [3.63, 3.8) is 0 Å². The summed E-state index contributed by atoms with van der Waals surface area (Å²) in [6.07, 6.45) is 2.17. The molecule has 0 amide bonds. The molecule has 24 heavy (non-hydrogen) atoms. The molecular weight excluding hydrogens is 366 g/mol. The summed E-state index contributed by atoms with van der Waals surface area (Å²) in [6.45, 7) is 1.68. The first kappa shape index (κ1) is 17.9. The van der Waals surface area contributed by atoms with E-state index in [9.17, 15) is 8.42 Å². The van der Waals surface area contributed by atoms with E-state index in [-0.39, 0.29) is 10.9 Å². The maximum absolute atomic E-state index is 13.2. The van der Waals surface area contributed by atoms with Gasteiger partial charge in [-0.2, -0.15) is 4.31 Å². The van der Waals surface area contributed by atoms with Gasteiger partial charge in [0.25, 0.3) is 0 Å². The van der Waals surface area contributed by atoms with Gasteiger partial charge in [-0.3, -0.25) is 0 Å². The quantitative estimate of drug-likeness (QED) is 0.759. The summed E-state index contributed by atoms with van der Waals surface area (Å²) in [7, 11) is -3.58. The third-order valence-electron chi connectivity index (χ3n) is 4.16. The molecule has 7 heteroatoms. The highest BCUT2D eigenvalue weighted by Gasteiger charge is 2.32. The summed E-state index contributed by atoms with van der Waals surface area (Å²) < 4.78 is 33.4. The molecular formula is C17H20ClNO3S2. The van der Waals surface area contributed by atoms with Crippen LogP contribution >= 0.6 is 22.9 Å². The molecule has 0 radical (unpaired) electrons. The molecule has 130 valence electrons. The molecule has 0 saturated carbocycles. The lowest BCUT2D eigenvalue weighted by Gasteiger charge is -2.33. The van der Waals surface area contributed by atoms with Gasteiger partial charge in [0, 0.05) is 35.7 Å². The number of hydrogen-bond acceptors (Lipinski definition) is 4. The number of nitrogens with zero attached hydrogens (tertiary/aromatic N) is 1. The Hall–Kier alpha value is -0.920. The van der Waals surface area contributed by atoms with Crippen molar-refractivity contribution < 1.29 is 13.2 Å². The van der Waals surface area contributed by atoms with Gasteiger partial charge in [0.15, 0.2) is 0 Å². The number of benzene rings is 1. The predicted octanol–water partition coefficient (Wildman–Crippen LogP) is 3.81. The average Bonchev–Trinajstić information content (AvgIpc) is 3.09. The Kier molecular flexibility index (Phi) is 5.94. The van der Waals surface area contributed by atoms with Gasteiger partial charge in [-0.05, 0) is 48.9 Å². The molecule has 1 aliphatic heterocycles. The van der Waals surface area contributed by atoms with Gasteiger partial charge >= 0.3 is 0 Å². The number of ether oxygens (including phenoxy) is 1. The average molecular weight is 386 g/mol. The fourth-order valence-electron chi connectivity index (χ4n) is 2.91. The van der Waals surface area contributed by atoms with Crippen molar-refractivity contribution in [3.8, 4) is 0 Å². The zero-order chi connectivity index (χ0) is 17.0.